The number of rotatable bonds is 3. The molecule has 0 heterocycles. The first-order valence-electron chi connectivity index (χ1n) is 5.22. The molecular formula is C14H11ClO2. The summed E-state index contributed by atoms with van der Waals surface area (Å²) in [5.74, 6) is 0.456. The van der Waals surface area contributed by atoms with Crippen LogP contribution >= 0.6 is 11.6 Å². The lowest BCUT2D eigenvalue weighted by molar-refractivity contribution is 0.0733. The van der Waals surface area contributed by atoms with Crippen LogP contribution in [0.15, 0.2) is 54.6 Å². The molecule has 2 aromatic rings. The van der Waals surface area contributed by atoms with E-state index in [1.54, 1.807) is 30.3 Å². The molecule has 2 aromatic carbocycles. The first kappa shape index (κ1) is 11.7. The Hall–Kier alpha value is -1.80. The van der Waals surface area contributed by atoms with E-state index >= 15 is 0 Å². The van der Waals surface area contributed by atoms with Gasteiger partial charge in [-0.15, -0.1) is 11.6 Å². The molecule has 0 aromatic heterocycles. The molecule has 86 valence electrons. The van der Waals surface area contributed by atoms with E-state index in [4.69, 9.17) is 16.3 Å². The molecule has 0 bridgehead atoms. The lowest BCUT2D eigenvalue weighted by Gasteiger charge is -2.07. The normalized spacial score (nSPS) is 9.94. The molecule has 0 saturated carbocycles. The molecule has 0 unspecified atom stereocenters. The molecule has 0 atom stereocenters. The van der Waals surface area contributed by atoms with Gasteiger partial charge in [-0.1, -0.05) is 36.4 Å². The molecule has 17 heavy (non-hydrogen) atoms. The van der Waals surface area contributed by atoms with Crippen LogP contribution in [0.4, 0.5) is 0 Å². The Labute approximate surface area is 105 Å². The highest BCUT2D eigenvalue weighted by molar-refractivity contribution is 6.17. The highest BCUT2D eigenvalue weighted by Gasteiger charge is 2.09. The van der Waals surface area contributed by atoms with Crippen molar-refractivity contribution in [2.24, 2.45) is 0 Å². The van der Waals surface area contributed by atoms with Crippen molar-refractivity contribution in [3.8, 4) is 5.75 Å². The van der Waals surface area contributed by atoms with Gasteiger partial charge in [0.25, 0.3) is 0 Å². The van der Waals surface area contributed by atoms with Crippen LogP contribution in [0.1, 0.15) is 15.9 Å². The Morgan fingerprint density at radius 2 is 1.65 bits per heavy atom. The second kappa shape index (κ2) is 5.51. The molecule has 0 fully saturated rings. The second-order valence-electron chi connectivity index (χ2n) is 3.50. The minimum absolute atomic E-state index is 0.318. The maximum atomic E-state index is 11.8. The van der Waals surface area contributed by atoms with Crippen molar-refractivity contribution in [2.75, 3.05) is 0 Å². The standard InChI is InChI=1S/C14H11ClO2/c15-10-12-8-4-5-9-13(12)17-14(16)11-6-2-1-3-7-11/h1-9H,10H2. The number of benzene rings is 2. The zero-order valence-electron chi connectivity index (χ0n) is 9.10. The van der Waals surface area contributed by atoms with Gasteiger partial charge in [-0.05, 0) is 18.2 Å². The molecule has 2 rings (SSSR count). The predicted octanol–water partition coefficient (Wildman–Crippen LogP) is 3.64. The number of alkyl halides is 1. The van der Waals surface area contributed by atoms with Crippen LogP contribution in [-0.2, 0) is 5.88 Å². The average molecular weight is 247 g/mol. The maximum Gasteiger partial charge on any atom is 0.343 e. The number of hydrogen-bond donors (Lipinski definition) is 0. The Kier molecular flexibility index (Phi) is 3.78. The zero-order valence-corrected chi connectivity index (χ0v) is 9.85. The zero-order chi connectivity index (χ0) is 12.1. The van der Waals surface area contributed by atoms with E-state index in [2.05, 4.69) is 0 Å². The number of carbonyl (C=O) groups is 1. The molecule has 0 aliphatic rings. The fourth-order valence-corrected chi connectivity index (χ4v) is 1.67. The Morgan fingerprint density at radius 3 is 2.35 bits per heavy atom. The van der Waals surface area contributed by atoms with Gasteiger partial charge < -0.3 is 4.74 Å². The van der Waals surface area contributed by atoms with Gasteiger partial charge in [0.2, 0.25) is 0 Å². The largest absolute Gasteiger partial charge is 0.423 e. The lowest BCUT2D eigenvalue weighted by Crippen LogP contribution is -2.09. The van der Waals surface area contributed by atoms with E-state index in [1.165, 1.54) is 0 Å². The number of ether oxygens (including phenoxy) is 1. The minimum Gasteiger partial charge on any atom is -0.423 e. The highest BCUT2D eigenvalue weighted by atomic mass is 35.5. The minimum atomic E-state index is -0.372. The monoisotopic (exact) mass is 246 g/mol. The van der Waals surface area contributed by atoms with E-state index in [9.17, 15) is 4.79 Å². The molecule has 0 aliphatic heterocycles. The van der Waals surface area contributed by atoms with Gasteiger partial charge in [-0.25, -0.2) is 4.79 Å². The van der Waals surface area contributed by atoms with Gasteiger partial charge in [0.1, 0.15) is 5.75 Å². The quantitative estimate of drug-likeness (QED) is 0.470. The van der Waals surface area contributed by atoms with E-state index in [1.807, 2.05) is 24.3 Å². The number of carbonyl (C=O) groups excluding carboxylic acids is 1. The van der Waals surface area contributed by atoms with Crippen LogP contribution < -0.4 is 4.74 Å². The third-order valence-electron chi connectivity index (χ3n) is 2.33. The van der Waals surface area contributed by atoms with Crippen molar-refractivity contribution in [3.63, 3.8) is 0 Å². The van der Waals surface area contributed by atoms with Gasteiger partial charge in [-0.2, -0.15) is 0 Å². The lowest BCUT2D eigenvalue weighted by atomic mass is 10.2. The fourth-order valence-electron chi connectivity index (χ4n) is 1.45. The van der Waals surface area contributed by atoms with E-state index < -0.39 is 0 Å². The predicted molar refractivity (Wildman–Crippen MR) is 67.4 cm³/mol. The van der Waals surface area contributed by atoms with Gasteiger partial charge in [0.15, 0.2) is 0 Å². The summed E-state index contributed by atoms with van der Waals surface area (Å²) in [6.45, 7) is 0. The van der Waals surface area contributed by atoms with Crippen molar-refractivity contribution >= 4 is 17.6 Å². The van der Waals surface area contributed by atoms with Gasteiger partial charge in [-0.3, -0.25) is 0 Å². The van der Waals surface area contributed by atoms with Crippen LogP contribution in [0.3, 0.4) is 0 Å². The van der Waals surface area contributed by atoms with Crippen molar-refractivity contribution in [3.05, 3.63) is 65.7 Å². The summed E-state index contributed by atoms with van der Waals surface area (Å²) in [5.41, 5.74) is 1.33. The van der Waals surface area contributed by atoms with Gasteiger partial charge in [0, 0.05) is 5.56 Å². The van der Waals surface area contributed by atoms with Crippen molar-refractivity contribution < 1.29 is 9.53 Å². The molecular weight excluding hydrogens is 236 g/mol. The average Bonchev–Trinajstić information content (AvgIpc) is 2.40. The second-order valence-corrected chi connectivity index (χ2v) is 3.76. The molecule has 0 radical (unpaired) electrons. The summed E-state index contributed by atoms with van der Waals surface area (Å²) >= 11 is 5.77. The number of para-hydroxylation sites is 1. The molecule has 0 saturated heterocycles. The van der Waals surface area contributed by atoms with Crippen LogP contribution in [0, 0.1) is 0 Å². The molecule has 0 aliphatic carbocycles. The Morgan fingerprint density at radius 1 is 1.00 bits per heavy atom. The van der Waals surface area contributed by atoms with E-state index in [0.29, 0.717) is 17.2 Å². The summed E-state index contributed by atoms with van der Waals surface area (Å²) in [6, 6.07) is 16.1. The third-order valence-corrected chi connectivity index (χ3v) is 2.62. The molecule has 0 amide bonds. The van der Waals surface area contributed by atoms with Gasteiger partial charge >= 0.3 is 5.97 Å². The fraction of sp³-hybridized carbons (Fsp3) is 0.0714. The molecule has 0 N–H and O–H groups in total. The van der Waals surface area contributed by atoms with Gasteiger partial charge in [0.05, 0.1) is 11.4 Å². The van der Waals surface area contributed by atoms with Crippen LogP contribution in [0.25, 0.3) is 0 Å². The smallest absolute Gasteiger partial charge is 0.343 e. The maximum absolute atomic E-state index is 11.8. The summed E-state index contributed by atoms with van der Waals surface area (Å²) in [5, 5.41) is 0. The topological polar surface area (TPSA) is 26.3 Å². The molecule has 0 spiro atoms. The summed E-state index contributed by atoms with van der Waals surface area (Å²) < 4.78 is 5.30. The van der Waals surface area contributed by atoms with E-state index in [0.717, 1.165) is 5.56 Å². The van der Waals surface area contributed by atoms with Crippen LogP contribution in [0.5, 0.6) is 5.75 Å². The summed E-state index contributed by atoms with van der Waals surface area (Å²) in [6.07, 6.45) is 0. The first-order valence-corrected chi connectivity index (χ1v) is 5.76. The molecule has 3 heteroatoms. The van der Waals surface area contributed by atoms with E-state index in [-0.39, 0.29) is 5.97 Å². The Balaban J connectivity index is 2.19. The van der Waals surface area contributed by atoms with Crippen LogP contribution in [0.2, 0.25) is 0 Å². The molecule has 2 nitrogen and oxygen atoms in total. The SMILES string of the molecule is O=C(Oc1ccccc1CCl)c1ccccc1. The highest BCUT2D eigenvalue weighted by Crippen LogP contribution is 2.20. The van der Waals surface area contributed by atoms with Crippen molar-refractivity contribution in [1.82, 2.24) is 0 Å². The number of esters is 1. The van der Waals surface area contributed by atoms with Crippen molar-refractivity contribution in [2.45, 2.75) is 5.88 Å². The number of halogens is 1. The third kappa shape index (κ3) is 2.86. The Bertz CT molecular complexity index is 509. The summed E-state index contributed by atoms with van der Waals surface area (Å²) in [4.78, 5) is 11.8. The van der Waals surface area contributed by atoms with Crippen LogP contribution in [-0.4, -0.2) is 5.97 Å². The summed E-state index contributed by atoms with van der Waals surface area (Å²) in [7, 11) is 0. The number of hydrogen-bond acceptors (Lipinski definition) is 2. The first-order chi connectivity index (χ1) is 8.31. The van der Waals surface area contributed by atoms with Crippen molar-refractivity contribution in [1.29, 1.82) is 0 Å².